The Kier molecular flexibility index (Phi) is 0.762. The monoisotopic (exact) mass is 111 g/mol. The molecule has 1 saturated heterocycles. The van der Waals surface area contributed by atoms with Crippen molar-refractivity contribution < 1.29 is 0 Å². The first-order chi connectivity index (χ1) is 3.81. The fourth-order valence-electron chi connectivity index (χ4n) is 1.78. The van der Waals surface area contributed by atoms with E-state index < -0.39 is 0 Å². The second-order valence-corrected chi connectivity index (χ2v) is 3.51. The van der Waals surface area contributed by atoms with Crippen molar-refractivity contribution in [2.75, 3.05) is 13.1 Å². The molecule has 0 amide bonds. The second kappa shape index (κ2) is 1.27. The third kappa shape index (κ3) is 0.510. The summed E-state index contributed by atoms with van der Waals surface area (Å²) in [4.78, 5) is 0. The van der Waals surface area contributed by atoms with Crippen molar-refractivity contribution in [1.82, 2.24) is 5.32 Å². The molecular formula is C7H13N. The molecule has 0 unspecified atom stereocenters. The largest absolute Gasteiger partial charge is 0.316 e. The lowest BCUT2D eigenvalue weighted by atomic mass is 9.99. The van der Waals surface area contributed by atoms with E-state index in [2.05, 4.69) is 12.2 Å². The number of fused-ring (bicyclic) bond motifs is 1. The topological polar surface area (TPSA) is 12.0 Å². The average Bonchev–Trinajstić information content (AvgIpc) is 2.39. The highest BCUT2D eigenvalue weighted by atomic mass is 14.9. The Morgan fingerprint density at radius 1 is 1.62 bits per heavy atom. The smallest absolute Gasteiger partial charge is 0.00151 e. The number of rotatable bonds is 0. The third-order valence-electron chi connectivity index (χ3n) is 2.80. The van der Waals surface area contributed by atoms with Crippen molar-refractivity contribution in [1.29, 1.82) is 0 Å². The quantitative estimate of drug-likeness (QED) is 0.492. The molecule has 1 N–H and O–H groups in total. The standard InChI is InChI=1S/C7H13N/c1-7-2-3-8-5-6(7)4-7/h6,8H,2-5H2,1H3/t6-,7-/m1/s1. The van der Waals surface area contributed by atoms with Gasteiger partial charge in [-0.25, -0.2) is 0 Å². The van der Waals surface area contributed by atoms with Crippen LogP contribution < -0.4 is 5.32 Å². The van der Waals surface area contributed by atoms with Gasteiger partial charge < -0.3 is 5.32 Å². The summed E-state index contributed by atoms with van der Waals surface area (Å²) in [5, 5.41) is 3.40. The van der Waals surface area contributed by atoms with Gasteiger partial charge >= 0.3 is 0 Å². The Bertz CT molecular complexity index is 109. The van der Waals surface area contributed by atoms with Crippen molar-refractivity contribution in [3.63, 3.8) is 0 Å². The maximum absolute atomic E-state index is 3.40. The van der Waals surface area contributed by atoms with Crippen molar-refractivity contribution in [3.05, 3.63) is 0 Å². The average molecular weight is 111 g/mol. The number of nitrogens with one attached hydrogen (secondary N) is 1. The van der Waals surface area contributed by atoms with Gasteiger partial charge in [-0.15, -0.1) is 0 Å². The molecule has 0 spiro atoms. The number of piperidine rings is 1. The SMILES string of the molecule is C[C@]12CCNC[C@H]1C2. The molecule has 2 rings (SSSR count). The summed E-state index contributed by atoms with van der Waals surface area (Å²) in [5.74, 6) is 1.04. The lowest BCUT2D eigenvalue weighted by molar-refractivity contribution is 0.382. The molecule has 0 aromatic rings. The molecule has 0 aromatic carbocycles. The zero-order valence-corrected chi connectivity index (χ0v) is 5.41. The van der Waals surface area contributed by atoms with Crippen LogP contribution in [0, 0.1) is 11.3 Å². The molecule has 46 valence electrons. The fourth-order valence-corrected chi connectivity index (χ4v) is 1.78. The zero-order valence-electron chi connectivity index (χ0n) is 5.41. The summed E-state index contributed by atoms with van der Waals surface area (Å²) in [6.07, 6.45) is 2.90. The van der Waals surface area contributed by atoms with E-state index in [0.29, 0.717) is 0 Å². The summed E-state index contributed by atoms with van der Waals surface area (Å²) in [7, 11) is 0. The van der Waals surface area contributed by atoms with E-state index in [0.717, 1.165) is 11.3 Å². The predicted molar refractivity (Wildman–Crippen MR) is 33.7 cm³/mol. The number of hydrogen-bond acceptors (Lipinski definition) is 1. The molecule has 1 saturated carbocycles. The van der Waals surface area contributed by atoms with E-state index in [4.69, 9.17) is 0 Å². The number of hydrogen-bond donors (Lipinski definition) is 1. The first-order valence-corrected chi connectivity index (χ1v) is 3.52. The van der Waals surface area contributed by atoms with Crippen molar-refractivity contribution >= 4 is 0 Å². The van der Waals surface area contributed by atoms with E-state index in [1.807, 2.05) is 0 Å². The molecule has 0 aromatic heterocycles. The maximum Gasteiger partial charge on any atom is -0.00151 e. The molecule has 1 heterocycles. The molecular weight excluding hydrogens is 98.1 g/mol. The van der Waals surface area contributed by atoms with E-state index in [1.165, 1.54) is 25.9 Å². The van der Waals surface area contributed by atoms with Gasteiger partial charge in [0, 0.05) is 0 Å². The van der Waals surface area contributed by atoms with Crippen LogP contribution in [-0.4, -0.2) is 13.1 Å². The molecule has 2 aliphatic rings. The Labute approximate surface area is 50.5 Å². The lowest BCUT2D eigenvalue weighted by Gasteiger charge is -2.17. The Hall–Kier alpha value is -0.0400. The van der Waals surface area contributed by atoms with Crippen molar-refractivity contribution in [3.8, 4) is 0 Å². The minimum absolute atomic E-state index is 0.783. The van der Waals surface area contributed by atoms with Gasteiger partial charge in [-0.2, -0.15) is 0 Å². The third-order valence-corrected chi connectivity index (χ3v) is 2.80. The highest BCUT2D eigenvalue weighted by Gasteiger charge is 2.50. The Balaban J connectivity index is 2.04. The van der Waals surface area contributed by atoms with Crippen LogP contribution in [0.15, 0.2) is 0 Å². The van der Waals surface area contributed by atoms with Gasteiger partial charge in [0.15, 0.2) is 0 Å². The highest BCUT2D eigenvalue weighted by molar-refractivity contribution is 5.02. The van der Waals surface area contributed by atoms with Crippen LogP contribution in [0.2, 0.25) is 0 Å². The van der Waals surface area contributed by atoms with Crippen LogP contribution in [0.25, 0.3) is 0 Å². The van der Waals surface area contributed by atoms with Gasteiger partial charge in [-0.3, -0.25) is 0 Å². The van der Waals surface area contributed by atoms with Crippen LogP contribution in [0.4, 0.5) is 0 Å². The minimum Gasteiger partial charge on any atom is -0.316 e. The summed E-state index contributed by atoms with van der Waals surface area (Å²) in [6, 6.07) is 0. The summed E-state index contributed by atoms with van der Waals surface area (Å²) < 4.78 is 0. The highest BCUT2D eigenvalue weighted by Crippen LogP contribution is 2.55. The van der Waals surface area contributed by atoms with Crippen LogP contribution in [0.1, 0.15) is 19.8 Å². The summed E-state index contributed by atoms with van der Waals surface area (Å²) in [6.45, 7) is 4.96. The molecule has 8 heavy (non-hydrogen) atoms. The lowest BCUT2D eigenvalue weighted by Crippen LogP contribution is -2.27. The van der Waals surface area contributed by atoms with Gasteiger partial charge in [0.05, 0.1) is 0 Å². The van der Waals surface area contributed by atoms with Crippen molar-refractivity contribution in [2.24, 2.45) is 11.3 Å². The first-order valence-electron chi connectivity index (χ1n) is 3.52. The van der Waals surface area contributed by atoms with Crippen LogP contribution in [0.5, 0.6) is 0 Å². The second-order valence-electron chi connectivity index (χ2n) is 3.51. The molecule has 1 aliphatic heterocycles. The van der Waals surface area contributed by atoms with Gasteiger partial charge in [-0.1, -0.05) is 6.92 Å². The summed E-state index contributed by atoms with van der Waals surface area (Å²) >= 11 is 0. The van der Waals surface area contributed by atoms with Crippen LogP contribution in [0.3, 0.4) is 0 Å². The molecule has 1 aliphatic carbocycles. The minimum atomic E-state index is 0.783. The van der Waals surface area contributed by atoms with Gasteiger partial charge in [0.25, 0.3) is 0 Å². The van der Waals surface area contributed by atoms with E-state index in [9.17, 15) is 0 Å². The Morgan fingerprint density at radius 3 is 3.00 bits per heavy atom. The summed E-state index contributed by atoms with van der Waals surface area (Å²) in [5.41, 5.74) is 0.783. The molecule has 1 heteroatoms. The molecule has 0 bridgehead atoms. The maximum atomic E-state index is 3.40. The van der Waals surface area contributed by atoms with Gasteiger partial charge in [0.2, 0.25) is 0 Å². The Morgan fingerprint density at radius 2 is 2.50 bits per heavy atom. The predicted octanol–water partition coefficient (Wildman–Crippen LogP) is 1.01. The first kappa shape index (κ1) is 4.80. The van der Waals surface area contributed by atoms with Gasteiger partial charge in [0.1, 0.15) is 0 Å². The normalized spacial score (nSPS) is 52.9. The van der Waals surface area contributed by atoms with Gasteiger partial charge in [-0.05, 0) is 37.3 Å². The van der Waals surface area contributed by atoms with E-state index in [1.54, 1.807) is 0 Å². The zero-order chi connectivity index (χ0) is 5.61. The van der Waals surface area contributed by atoms with E-state index in [-0.39, 0.29) is 0 Å². The van der Waals surface area contributed by atoms with Crippen molar-refractivity contribution in [2.45, 2.75) is 19.8 Å². The van der Waals surface area contributed by atoms with Crippen LogP contribution in [-0.2, 0) is 0 Å². The molecule has 0 radical (unpaired) electrons. The molecule has 2 fully saturated rings. The molecule has 2 atom stereocenters. The van der Waals surface area contributed by atoms with Crippen LogP contribution >= 0.6 is 0 Å². The fraction of sp³-hybridized carbons (Fsp3) is 1.00. The van der Waals surface area contributed by atoms with E-state index >= 15 is 0 Å². The molecule has 1 nitrogen and oxygen atoms in total.